The zero-order valence-electron chi connectivity index (χ0n) is 14.4. The van der Waals surface area contributed by atoms with Gasteiger partial charge in [-0.1, -0.05) is 0 Å². The van der Waals surface area contributed by atoms with Crippen LogP contribution in [0.5, 0.6) is 0 Å². The third-order valence-corrected chi connectivity index (χ3v) is 4.50. The topological polar surface area (TPSA) is 64.2 Å². The van der Waals surface area contributed by atoms with Crippen LogP contribution in [0.2, 0.25) is 0 Å². The molecule has 2 aromatic rings. The maximum absolute atomic E-state index is 13.7. The number of nitrogens with zero attached hydrogens (tertiary/aromatic N) is 3. The molecule has 0 saturated heterocycles. The average molecular weight is 406 g/mol. The summed E-state index contributed by atoms with van der Waals surface area (Å²) in [5.74, 6) is -4.96. The molecule has 5 nitrogen and oxygen atoms in total. The van der Waals surface area contributed by atoms with Gasteiger partial charge in [0.15, 0.2) is 11.6 Å². The SMILES string of the molecule is N[C@@H](CC(=O)N1CCn2c(cnc2C(F)(F)F)C1)Cc1cc(F)c(F)cc1F. The summed E-state index contributed by atoms with van der Waals surface area (Å²) in [5, 5.41) is 0. The van der Waals surface area contributed by atoms with E-state index in [-0.39, 0.29) is 43.7 Å². The molecular formula is C17H16F6N4O. The van der Waals surface area contributed by atoms with Crippen LogP contribution in [0, 0.1) is 17.5 Å². The summed E-state index contributed by atoms with van der Waals surface area (Å²) in [6.07, 6.45) is -3.93. The fraction of sp³-hybridized carbons (Fsp3) is 0.412. The van der Waals surface area contributed by atoms with Crippen molar-refractivity contribution in [3.05, 3.63) is 52.9 Å². The maximum atomic E-state index is 13.7. The van der Waals surface area contributed by atoms with E-state index >= 15 is 0 Å². The van der Waals surface area contributed by atoms with E-state index in [1.54, 1.807) is 0 Å². The molecule has 0 bridgehead atoms. The van der Waals surface area contributed by atoms with Gasteiger partial charge >= 0.3 is 6.18 Å². The van der Waals surface area contributed by atoms with Crippen molar-refractivity contribution in [2.45, 2.75) is 38.1 Å². The quantitative estimate of drug-likeness (QED) is 0.627. The van der Waals surface area contributed by atoms with Gasteiger partial charge in [0.05, 0.1) is 18.4 Å². The zero-order chi connectivity index (χ0) is 20.6. The van der Waals surface area contributed by atoms with E-state index in [9.17, 15) is 31.1 Å². The number of hydrogen-bond acceptors (Lipinski definition) is 3. The highest BCUT2D eigenvalue weighted by Crippen LogP contribution is 2.30. The summed E-state index contributed by atoms with van der Waals surface area (Å²) in [6, 6.07) is 0.223. The van der Waals surface area contributed by atoms with Crippen molar-refractivity contribution in [1.29, 1.82) is 0 Å². The number of fused-ring (bicyclic) bond motifs is 1. The second-order valence-electron chi connectivity index (χ2n) is 6.56. The van der Waals surface area contributed by atoms with E-state index in [4.69, 9.17) is 5.73 Å². The molecule has 0 aliphatic carbocycles. The predicted molar refractivity (Wildman–Crippen MR) is 85.3 cm³/mol. The Hall–Kier alpha value is -2.56. The summed E-state index contributed by atoms with van der Waals surface area (Å²) in [7, 11) is 0. The van der Waals surface area contributed by atoms with Gasteiger partial charge in [0.1, 0.15) is 5.82 Å². The molecule has 2 N–H and O–H groups in total. The Labute approximate surface area is 155 Å². The lowest BCUT2D eigenvalue weighted by Gasteiger charge is -2.30. The molecule has 1 aromatic carbocycles. The molecule has 0 radical (unpaired) electrons. The zero-order valence-corrected chi connectivity index (χ0v) is 14.4. The van der Waals surface area contributed by atoms with Crippen LogP contribution in [0.3, 0.4) is 0 Å². The van der Waals surface area contributed by atoms with Crippen LogP contribution in [-0.4, -0.2) is 32.9 Å². The minimum atomic E-state index is -4.58. The highest BCUT2D eigenvalue weighted by Gasteiger charge is 2.38. The molecule has 1 amide bonds. The summed E-state index contributed by atoms with van der Waals surface area (Å²) in [4.78, 5) is 17.1. The monoisotopic (exact) mass is 406 g/mol. The van der Waals surface area contributed by atoms with Crippen molar-refractivity contribution >= 4 is 5.91 Å². The summed E-state index contributed by atoms with van der Waals surface area (Å²) < 4.78 is 79.5. The first-order valence-corrected chi connectivity index (χ1v) is 8.34. The van der Waals surface area contributed by atoms with Crippen LogP contribution in [0.1, 0.15) is 23.5 Å². The Kier molecular flexibility index (Phi) is 5.37. The van der Waals surface area contributed by atoms with Gasteiger partial charge in [-0.3, -0.25) is 4.79 Å². The van der Waals surface area contributed by atoms with E-state index in [1.165, 1.54) is 4.90 Å². The molecule has 0 saturated carbocycles. The fourth-order valence-corrected chi connectivity index (χ4v) is 3.15. The van der Waals surface area contributed by atoms with Crippen LogP contribution in [0.15, 0.2) is 18.3 Å². The fourth-order valence-electron chi connectivity index (χ4n) is 3.15. The van der Waals surface area contributed by atoms with Gasteiger partial charge < -0.3 is 15.2 Å². The number of amides is 1. The lowest BCUT2D eigenvalue weighted by atomic mass is 10.0. The Morgan fingerprint density at radius 2 is 1.82 bits per heavy atom. The molecule has 152 valence electrons. The van der Waals surface area contributed by atoms with Crippen LogP contribution in [0.4, 0.5) is 26.3 Å². The summed E-state index contributed by atoms with van der Waals surface area (Å²) in [5.41, 5.74) is 5.91. The molecule has 28 heavy (non-hydrogen) atoms. The van der Waals surface area contributed by atoms with E-state index in [2.05, 4.69) is 4.98 Å². The van der Waals surface area contributed by atoms with E-state index in [0.717, 1.165) is 10.8 Å². The summed E-state index contributed by atoms with van der Waals surface area (Å²) in [6.45, 7) is -0.0886. The maximum Gasteiger partial charge on any atom is 0.449 e. The molecular weight excluding hydrogens is 390 g/mol. The highest BCUT2D eigenvalue weighted by molar-refractivity contribution is 5.77. The minimum Gasteiger partial charge on any atom is -0.335 e. The van der Waals surface area contributed by atoms with E-state index in [0.29, 0.717) is 12.1 Å². The molecule has 0 spiro atoms. The molecule has 1 aliphatic heterocycles. The third kappa shape index (κ3) is 4.13. The molecule has 0 unspecified atom stereocenters. The lowest BCUT2D eigenvalue weighted by molar-refractivity contribution is -0.148. The van der Waals surface area contributed by atoms with Gasteiger partial charge in [-0.05, 0) is 18.1 Å². The number of nitrogens with two attached hydrogens (primary N) is 1. The first-order chi connectivity index (χ1) is 13.1. The molecule has 1 aliphatic rings. The molecule has 0 fully saturated rings. The van der Waals surface area contributed by atoms with Gasteiger partial charge in [0.25, 0.3) is 0 Å². The van der Waals surface area contributed by atoms with Crippen molar-refractivity contribution in [3.63, 3.8) is 0 Å². The second kappa shape index (κ2) is 7.46. The standard InChI is InChI=1S/C17H16F6N4O/c18-12-6-14(20)13(19)4-9(12)3-10(24)5-15(28)26-1-2-27-11(8-26)7-25-16(27)17(21,22)23/h4,6-7,10H,1-3,5,8,24H2/t10-/m1/s1. The number of carbonyl (C=O) groups is 1. The van der Waals surface area contributed by atoms with Crippen molar-refractivity contribution in [2.75, 3.05) is 6.54 Å². The number of alkyl halides is 3. The Morgan fingerprint density at radius 1 is 1.14 bits per heavy atom. The van der Waals surface area contributed by atoms with Gasteiger partial charge in [-0.2, -0.15) is 13.2 Å². The number of halogens is 6. The molecule has 11 heteroatoms. The van der Waals surface area contributed by atoms with Gasteiger partial charge in [-0.25, -0.2) is 18.2 Å². The van der Waals surface area contributed by atoms with Crippen molar-refractivity contribution in [1.82, 2.24) is 14.5 Å². The Balaban J connectivity index is 1.63. The van der Waals surface area contributed by atoms with Gasteiger partial charge in [0.2, 0.25) is 11.7 Å². The normalized spacial score (nSPS) is 15.5. The van der Waals surface area contributed by atoms with Crippen molar-refractivity contribution < 1.29 is 31.1 Å². The van der Waals surface area contributed by atoms with Crippen LogP contribution < -0.4 is 5.73 Å². The molecule has 1 atom stereocenters. The smallest absolute Gasteiger partial charge is 0.335 e. The van der Waals surface area contributed by atoms with E-state index < -0.39 is 41.4 Å². The number of aromatic nitrogens is 2. The Morgan fingerprint density at radius 3 is 2.50 bits per heavy atom. The van der Waals surface area contributed by atoms with Crippen molar-refractivity contribution in [2.24, 2.45) is 5.73 Å². The average Bonchev–Trinajstić information content (AvgIpc) is 3.03. The minimum absolute atomic E-state index is 0.0392. The molecule has 2 heterocycles. The number of imidazole rings is 1. The number of hydrogen-bond donors (Lipinski definition) is 1. The highest BCUT2D eigenvalue weighted by atomic mass is 19.4. The van der Waals surface area contributed by atoms with E-state index in [1.807, 2.05) is 0 Å². The molecule has 3 rings (SSSR count). The summed E-state index contributed by atoms with van der Waals surface area (Å²) >= 11 is 0. The Bertz CT molecular complexity index is 895. The van der Waals surface area contributed by atoms with Crippen LogP contribution in [0.25, 0.3) is 0 Å². The third-order valence-electron chi connectivity index (χ3n) is 4.50. The lowest BCUT2D eigenvalue weighted by Crippen LogP contribution is -2.41. The van der Waals surface area contributed by atoms with Gasteiger partial charge in [0, 0.05) is 31.6 Å². The van der Waals surface area contributed by atoms with Crippen molar-refractivity contribution in [3.8, 4) is 0 Å². The van der Waals surface area contributed by atoms with Crippen LogP contribution >= 0.6 is 0 Å². The van der Waals surface area contributed by atoms with Gasteiger partial charge in [-0.15, -0.1) is 0 Å². The number of carbonyl (C=O) groups excluding carboxylic acids is 1. The number of benzene rings is 1. The largest absolute Gasteiger partial charge is 0.449 e. The molecule has 1 aromatic heterocycles. The van der Waals surface area contributed by atoms with Crippen LogP contribution in [-0.2, 0) is 30.5 Å². The number of rotatable bonds is 4. The first kappa shape index (κ1) is 20.2. The second-order valence-corrected chi connectivity index (χ2v) is 6.56. The first-order valence-electron chi connectivity index (χ1n) is 8.34. The predicted octanol–water partition coefficient (Wildman–Crippen LogP) is 2.62.